The van der Waals surface area contributed by atoms with Gasteiger partial charge >= 0.3 is 5.97 Å². The lowest BCUT2D eigenvalue weighted by Crippen LogP contribution is -2.41. The average molecular weight is 273 g/mol. The predicted octanol–water partition coefficient (Wildman–Crippen LogP) is 2.15. The van der Waals surface area contributed by atoms with Crippen LogP contribution in [0.15, 0.2) is 12.1 Å². The maximum atomic E-state index is 13.3. The lowest BCUT2D eigenvalue weighted by molar-refractivity contribution is -0.151. The van der Waals surface area contributed by atoms with E-state index in [1.807, 2.05) is 0 Å². The SMILES string of the molecule is O=C(O)C1CCC1C(=O)Nc1cc(F)c(F)cc1F. The maximum absolute atomic E-state index is 13.3. The predicted molar refractivity (Wildman–Crippen MR) is 58.8 cm³/mol. The molecule has 1 aliphatic rings. The number of rotatable bonds is 3. The largest absolute Gasteiger partial charge is 0.481 e. The Kier molecular flexibility index (Phi) is 3.46. The fourth-order valence-corrected chi connectivity index (χ4v) is 1.95. The first-order valence-corrected chi connectivity index (χ1v) is 5.58. The van der Waals surface area contributed by atoms with Crippen molar-refractivity contribution in [2.75, 3.05) is 5.32 Å². The highest BCUT2D eigenvalue weighted by Gasteiger charge is 2.41. The quantitative estimate of drug-likeness (QED) is 0.829. The summed E-state index contributed by atoms with van der Waals surface area (Å²) in [5, 5.41) is 10.9. The van der Waals surface area contributed by atoms with Gasteiger partial charge in [0.05, 0.1) is 17.5 Å². The minimum absolute atomic E-state index is 0.320. The molecule has 102 valence electrons. The number of benzene rings is 1. The highest BCUT2D eigenvalue weighted by molar-refractivity contribution is 5.96. The van der Waals surface area contributed by atoms with Crippen LogP contribution < -0.4 is 5.32 Å². The van der Waals surface area contributed by atoms with Gasteiger partial charge in [-0.3, -0.25) is 9.59 Å². The van der Waals surface area contributed by atoms with E-state index in [9.17, 15) is 22.8 Å². The maximum Gasteiger partial charge on any atom is 0.307 e. The van der Waals surface area contributed by atoms with Crippen molar-refractivity contribution in [3.8, 4) is 0 Å². The third kappa shape index (κ3) is 2.54. The van der Waals surface area contributed by atoms with Crippen molar-refractivity contribution in [3.63, 3.8) is 0 Å². The number of carbonyl (C=O) groups is 2. The van der Waals surface area contributed by atoms with E-state index in [-0.39, 0.29) is 0 Å². The summed E-state index contributed by atoms with van der Waals surface area (Å²) in [4.78, 5) is 22.5. The number of nitrogens with one attached hydrogen (secondary N) is 1. The molecule has 0 heterocycles. The molecule has 0 aliphatic heterocycles. The summed E-state index contributed by atoms with van der Waals surface area (Å²) in [6, 6.07) is 0.845. The molecule has 0 radical (unpaired) electrons. The molecular formula is C12H10F3NO3. The molecule has 2 rings (SSSR count). The summed E-state index contributed by atoms with van der Waals surface area (Å²) in [6.45, 7) is 0. The van der Waals surface area contributed by atoms with Crippen molar-refractivity contribution in [2.45, 2.75) is 12.8 Å². The van der Waals surface area contributed by atoms with E-state index in [0.717, 1.165) is 0 Å². The Bertz CT molecular complexity index is 547. The molecule has 0 aromatic heterocycles. The first-order chi connectivity index (χ1) is 8.90. The molecule has 0 saturated heterocycles. The standard InChI is InChI=1S/C12H10F3NO3/c13-7-3-9(15)10(4-8(7)14)16-11(17)5-1-2-6(5)12(18)19/h3-6H,1-2H2,(H,16,17)(H,18,19). The molecule has 0 spiro atoms. The molecule has 7 heteroatoms. The molecule has 1 saturated carbocycles. The lowest BCUT2D eigenvalue weighted by Gasteiger charge is -2.31. The molecule has 2 unspecified atom stereocenters. The van der Waals surface area contributed by atoms with Crippen LogP contribution in [0, 0.1) is 29.3 Å². The molecule has 1 aliphatic carbocycles. The van der Waals surface area contributed by atoms with Gasteiger partial charge in [-0.15, -0.1) is 0 Å². The second-order valence-corrected chi connectivity index (χ2v) is 4.36. The van der Waals surface area contributed by atoms with Crippen molar-refractivity contribution < 1.29 is 27.9 Å². The third-order valence-corrected chi connectivity index (χ3v) is 3.20. The van der Waals surface area contributed by atoms with Crippen LogP contribution in [0.1, 0.15) is 12.8 Å². The zero-order chi connectivity index (χ0) is 14.2. The van der Waals surface area contributed by atoms with E-state index in [1.54, 1.807) is 0 Å². The Morgan fingerprint density at radius 2 is 1.63 bits per heavy atom. The number of hydrogen-bond donors (Lipinski definition) is 2. The zero-order valence-electron chi connectivity index (χ0n) is 9.62. The number of carboxylic acid groups (broad SMARTS) is 1. The van der Waals surface area contributed by atoms with Crippen molar-refractivity contribution in [1.29, 1.82) is 0 Å². The summed E-state index contributed by atoms with van der Waals surface area (Å²) < 4.78 is 38.9. The van der Waals surface area contributed by atoms with Gasteiger partial charge in [0.15, 0.2) is 11.6 Å². The van der Waals surface area contributed by atoms with Gasteiger partial charge in [-0.1, -0.05) is 0 Å². The molecule has 4 nitrogen and oxygen atoms in total. The topological polar surface area (TPSA) is 66.4 Å². The monoisotopic (exact) mass is 273 g/mol. The highest BCUT2D eigenvalue weighted by Crippen LogP contribution is 2.35. The molecular weight excluding hydrogens is 263 g/mol. The van der Waals surface area contributed by atoms with Crippen molar-refractivity contribution >= 4 is 17.6 Å². The molecule has 1 amide bonds. The Labute approximate surface area is 106 Å². The van der Waals surface area contributed by atoms with Gasteiger partial charge < -0.3 is 10.4 Å². The average Bonchev–Trinajstić information content (AvgIpc) is 2.23. The summed E-state index contributed by atoms with van der Waals surface area (Å²) >= 11 is 0. The van der Waals surface area contributed by atoms with Crippen LogP contribution in [-0.4, -0.2) is 17.0 Å². The minimum atomic E-state index is -1.36. The van der Waals surface area contributed by atoms with Crippen LogP contribution in [0.5, 0.6) is 0 Å². The van der Waals surface area contributed by atoms with Gasteiger partial charge in [0.25, 0.3) is 0 Å². The lowest BCUT2D eigenvalue weighted by atomic mass is 9.73. The number of carboxylic acids is 1. The van der Waals surface area contributed by atoms with Gasteiger partial charge in [0, 0.05) is 12.1 Å². The van der Waals surface area contributed by atoms with Crippen LogP contribution in [0.3, 0.4) is 0 Å². The Hall–Kier alpha value is -2.05. The van der Waals surface area contributed by atoms with Crippen molar-refractivity contribution in [1.82, 2.24) is 0 Å². The van der Waals surface area contributed by atoms with Gasteiger partial charge in [-0.05, 0) is 12.8 Å². The fraction of sp³-hybridized carbons (Fsp3) is 0.333. The molecule has 2 atom stereocenters. The van der Waals surface area contributed by atoms with E-state index >= 15 is 0 Å². The second kappa shape index (κ2) is 4.91. The number of carbonyl (C=O) groups excluding carboxylic acids is 1. The molecule has 19 heavy (non-hydrogen) atoms. The zero-order valence-corrected chi connectivity index (χ0v) is 9.62. The van der Waals surface area contributed by atoms with E-state index in [2.05, 4.69) is 5.32 Å². The third-order valence-electron chi connectivity index (χ3n) is 3.20. The second-order valence-electron chi connectivity index (χ2n) is 4.36. The smallest absolute Gasteiger partial charge is 0.307 e. The normalized spacial score (nSPS) is 21.6. The van der Waals surface area contributed by atoms with Crippen LogP contribution >= 0.6 is 0 Å². The summed E-state index contributed by atoms with van der Waals surface area (Å²) in [5.41, 5.74) is -0.500. The van der Waals surface area contributed by atoms with E-state index < -0.39 is 46.9 Å². The molecule has 1 aromatic carbocycles. The van der Waals surface area contributed by atoms with Gasteiger partial charge in [0.2, 0.25) is 5.91 Å². The molecule has 1 fully saturated rings. The number of anilines is 1. The first-order valence-electron chi connectivity index (χ1n) is 5.58. The van der Waals surface area contributed by atoms with Crippen LogP contribution in [-0.2, 0) is 9.59 Å². The Morgan fingerprint density at radius 3 is 2.16 bits per heavy atom. The van der Waals surface area contributed by atoms with Crippen LogP contribution in [0.25, 0.3) is 0 Å². The molecule has 2 N–H and O–H groups in total. The van der Waals surface area contributed by atoms with Crippen LogP contribution in [0.2, 0.25) is 0 Å². The van der Waals surface area contributed by atoms with Crippen molar-refractivity contribution in [3.05, 3.63) is 29.6 Å². The number of hydrogen-bond acceptors (Lipinski definition) is 2. The molecule has 0 bridgehead atoms. The highest BCUT2D eigenvalue weighted by atomic mass is 19.2. The number of aliphatic carboxylic acids is 1. The fourth-order valence-electron chi connectivity index (χ4n) is 1.95. The Morgan fingerprint density at radius 1 is 1.05 bits per heavy atom. The van der Waals surface area contributed by atoms with Gasteiger partial charge in [-0.2, -0.15) is 0 Å². The van der Waals surface area contributed by atoms with Gasteiger partial charge in [0.1, 0.15) is 5.82 Å². The Balaban J connectivity index is 2.11. The summed E-state index contributed by atoms with van der Waals surface area (Å²) in [5.74, 6) is -7.15. The van der Waals surface area contributed by atoms with E-state index in [4.69, 9.17) is 5.11 Å². The number of halogens is 3. The summed E-state index contributed by atoms with van der Waals surface area (Å²) in [6.07, 6.45) is 0.738. The van der Waals surface area contributed by atoms with Gasteiger partial charge in [-0.25, -0.2) is 13.2 Å². The van der Waals surface area contributed by atoms with Crippen molar-refractivity contribution in [2.24, 2.45) is 11.8 Å². The van der Waals surface area contributed by atoms with E-state index in [1.165, 1.54) is 0 Å². The number of amides is 1. The van der Waals surface area contributed by atoms with E-state index in [0.29, 0.717) is 25.0 Å². The van der Waals surface area contributed by atoms with Crippen LogP contribution in [0.4, 0.5) is 18.9 Å². The molecule has 1 aromatic rings. The summed E-state index contributed by atoms with van der Waals surface area (Å²) in [7, 11) is 0. The first kappa shape index (κ1) is 13.4. The minimum Gasteiger partial charge on any atom is -0.481 e.